The molecule has 0 aliphatic heterocycles. The van der Waals surface area contributed by atoms with Gasteiger partial charge in [-0.15, -0.1) is 0 Å². The van der Waals surface area contributed by atoms with Gasteiger partial charge in [-0.25, -0.2) is 0 Å². The van der Waals surface area contributed by atoms with Gasteiger partial charge in [0.2, 0.25) is 3.67 Å². The van der Waals surface area contributed by atoms with Gasteiger partial charge in [-0.05, 0) is 13.3 Å². The summed E-state index contributed by atoms with van der Waals surface area (Å²) in [7, 11) is -3.83. The monoisotopic (exact) mass is 220 g/mol. The van der Waals surface area contributed by atoms with Crippen LogP contribution in [0.5, 0.6) is 0 Å². The first-order chi connectivity index (χ1) is 4.87. The highest BCUT2D eigenvalue weighted by atomic mass is 35.5. The van der Waals surface area contributed by atoms with Crippen LogP contribution in [0.1, 0.15) is 20.3 Å². The van der Waals surface area contributed by atoms with Crippen LogP contribution < -0.4 is 0 Å². The minimum absolute atomic E-state index is 0.0452. The van der Waals surface area contributed by atoms with Crippen molar-refractivity contribution in [2.45, 2.75) is 23.9 Å². The molecule has 0 heterocycles. The molecule has 0 radical (unpaired) electrons. The zero-order valence-electron chi connectivity index (χ0n) is 6.30. The number of hydrogen-bond acceptors (Lipinski definition) is 3. The van der Waals surface area contributed by atoms with Crippen LogP contribution in [-0.4, -0.2) is 18.7 Å². The molecule has 0 aromatic rings. The average molecular weight is 221 g/mol. The first-order valence-electron chi connectivity index (χ1n) is 3.14. The van der Waals surface area contributed by atoms with E-state index in [2.05, 4.69) is 4.18 Å². The van der Waals surface area contributed by atoms with E-state index < -0.39 is 13.8 Å². The van der Waals surface area contributed by atoms with Gasteiger partial charge >= 0.3 is 10.1 Å². The SMILES string of the molecule is CCOS(=O)(=O)C(Cl)(Cl)CC. The van der Waals surface area contributed by atoms with Crippen LogP contribution in [0.4, 0.5) is 0 Å². The van der Waals surface area contributed by atoms with Gasteiger partial charge in [-0.3, -0.25) is 4.18 Å². The summed E-state index contributed by atoms with van der Waals surface area (Å²) in [4.78, 5) is 0. The van der Waals surface area contributed by atoms with Crippen molar-refractivity contribution in [3.05, 3.63) is 0 Å². The lowest BCUT2D eigenvalue weighted by Gasteiger charge is -2.16. The second-order valence-electron chi connectivity index (χ2n) is 1.85. The summed E-state index contributed by atoms with van der Waals surface area (Å²) in [5, 5.41) is 0. The standard InChI is InChI=1S/C5H10Cl2O3S/c1-3-5(6,7)11(8,9)10-4-2/h3-4H2,1-2H3. The first-order valence-corrected chi connectivity index (χ1v) is 5.30. The molecule has 0 N–H and O–H groups in total. The molecule has 0 aliphatic carbocycles. The molecule has 0 rings (SSSR count). The van der Waals surface area contributed by atoms with Crippen LogP contribution in [0.3, 0.4) is 0 Å². The summed E-state index contributed by atoms with van der Waals surface area (Å²) in [6.07, 6.45) is 0.0957. The summed E-state index contributed by atoms with van der Waals surface area (Å²) >= 11 is 10.9. The van der Waals surface area contributed by atoms with E-state index in [0.717, 1.165) is 0 Å². The Hall–Kier alpha value is 0.490. The summed E-state index contributed by atoms with van der Waals surface area (Å²) in [6, 6.07) is 0. The van der Waals surface area contributed by atoms with Crippen LogP contribution in [0.25, 0.3) is 0 Å². The van der Waals surface area contributed by atoms with Crippen molar-refractivity contribution < 1.29 is 12.6 Å². The molecule has 0 saturated carbocycles. The third-order valence-electron chi connectivity index (χ3n) is 1.05. The third-order valence-corrected chi connectivity index (χ3v) is 4.28. The van der Waals surface area contributed by atoms with E-state index in [1.54, 1.807) is 13.8 Å². The zero-order valence-corrected chi connectivity index (χ0v) is 8.63. The lowest BCUT2D eigenvalue weighted by Crippen LogP contribution is -2.27. The van der Waals surface area contributed by atoms with E-state index >= 15 is 0 Å². The molecule has 0 fully saturated rings. The Bertz CT molecular complexity index is 210. The van der Waals surface area contributed by atoms with Gasteiger partial charge in [0.25, 0.3) is 0 Å². The second-order valence-corrected chi connectivity index (χ2v) is 5.62. The Balaban J connectivity index is 4.55. The third kappa shape index (κ3) is 2.78. The van der Waals surface area contributed by atoms with Gasteiger partial charge in [0.05, 0.1) is 6.61 Å². The number of alkyl halides is 2. The van der Waals surface area contributed by atoms with Crippen molar-refractivity contribution in [2.24, 2.45) is 0 Å². The van der Waals surface area contributed by atoms with Crippen LogP contribution in [0.15, 0.2) is 0 Å². The molecule has 3 nitrogen and oxygen atoms in total. The van der Waals surface area contributed by atoms with E-state index in [4.69, 9.17) is 23.2 Å². The first kappa shape index (κ1) is 11.5. The van der Waals surface area contributed by atoms with Crippen LogP contribution in [0.2, 0.25) is 0 Å². The fourth-order valence-electron chi connectivity index (χ4n) is 0.418. The van der Waals surface area contributed by atoms with Crippen molar-refractivity contribution >= 4 is 33.3 Å². The predicted molar refractivity (Wildman–Crippen MR) is 45.3 cm³/mol. The molecule has 68 valence electrons. The molecular weight excluding hydrogens is 211 g/mol. The van der Waals surface area contributed by atoms with Crippen LogP contribution in [0, 0.1) is 0 Å². The van der Waals surface area contributed by atoms with Crippen molar-refractivity contribution in [3.8, 4) is 0 Å². The number of hydrogen-bond donors (Lipinski definition) is 0. The maximum atomic E-state index is 11.0. The van der Waals surface area contributed by atoms with Gasteiger partial charge in [0.1, 0.15) is 0 Å². The summed E-state index contributed by atoms with van der Waals surface area (Å²) in [6.45, 7) is 3.16. The molecule has 0 aromatic carbocycles. The van der Waals surface area contributed by atoms with Gasteiger partial charge in [-0.2, -0.15) is 8.42 Å². The summed E-state index contributed by atoms with van der Waals surface area (Å²) in [5.41, 5.74) is 0. The Morgan fingerprint density at radius 3 is 2.09 bits per heavy atom. The molecule has 0 aliphatic rings. The second kappa shape index (κ2) is 3.94. The normalized spacial score (nSPS) is 13.5. The van der Waals surface area contributed by atoms with Gasteiger partial charge in [0, 0.05) is 0 Å². The maximum absolute atomic E-state index is 11.0. The van der Waals surface area contributed by atoms with E-state index in [0.29, 0.717) is 0 Å². The largest absolute Gasteiger partial charge is 0.301 e. The van der Waals surface area contributed by atoms with E-state index in [-0.39, 0.29) is 13.0 Å². The average Bonchev–Trinajstić information content (AvgIpc) is 1.87. The van der Waals surface area contributed by atoms with E-state index in [1.165, 1.54) is 0 Å². The van der Waals surface area contributed by atoms with Crippen molar-refractivity contribution in [1.82, 2.24) is 0 Å². The van der Waals surface area contributed by atoms with Crippen LogP contribution in [-0.2, 0) is 14.3 Å². The quantitative estimate of drug-likeness (QED) is 0.537. The fraction of sp³-hybridized carbons (Fsp3) is 1.00. The smallest absolute Gasteiger partial charge is 0.268 e. The Morgan fingerprint density at radius 2 is 1.82 bits per heavy atom. The lowest BCUT2D eigenvalue weighted by molar-refractivity contribution is 0.333. The zero-order chi connectivity index (χ0) is 9.12. The van der Waals surface area contributed by atoms with E-state index in [9.17, 15) is 8.42 Å². The molecule has 0 saturated heterocycles. The van der Waals surface area contributed by atoms with E-state index in [1.807, 2.05) is 0 Å². The molecule has 0 aromatic heterocycles. The van der Waals surface area contributed by atoms with Gasteiger partial charge in [-0.1, -0.05) is 30.1 Å². The molecule has 0 unspecified atom stereocenters. The molecule has 11 heavy (non-hydrogen) atoms. The molecular formula is C5H10Cl2O3S. The Morgan fingerprint density at radius 1 is 1.36 bits per heavy atom. The Kier molecular flexibility index (Phi) is 4.11. The minimum atomic E-state index is -3.83. The molecule has 6 heteroatoms. The van der Waals surface area contributed by atoms with Crippen molar-refractivity contribution in [2.75, 3.05) is 6.61 Å². The summed E-state index contributed by atoms with van der Waals surface area (Å²) < 4.78 is 24.6. The highest BCUT2D eigenvalue weighted by Crippen LogP contribution is 2.32. The van der Waals surface area contributed by atoms with Gasteiger partial charge < -0.3 is 0 Å². The predicted octanol–water partition coefficient (Wildman–Crippen LogP) is 1.89. The van der Waals surface area contributed by atoms with Crippen LogP contribution >= 0.6 is 23.2 Å². The maximum Gasteiger partial charge on any atom is 0.301 e. The highest BCUT2D eigenvalue weighted by molar-refractivity contribution is 7.91. The fourth-order valence-corrected chi connectivity index (χ4v) is 1.52. The molecule has 0 atom stereocenters. The number of halogens is 2. The molecule has 0 bridgehead atoms. The topological polar surface area (TPSA) is 43.4 Å². The van der Waals surface area contributed by atoms with Crippen molar-refractivity contribution in [1.29, 1.82) is 0 Å². The Labute approximate surface area is 76.8 Å². The molecule has 0 spiro atoms. The summed E-state index contributed by atoms with van der Waals surface area (Å²) in [5.74, 6) is 0. The lowest BCUT2D eigenvalue weighted by atomic mass is 10.6. The highest BCUT2D eigenvalue weighted by Gasteiger charge is 2.38. The van der Waals surface area contributed by atoms with Crippen molar-refractivity contribution in [3.63, 3.8) is 0 Å². The van der Waals surface area contributed by atoms with Gasteiger partial charge in [0.15, 0.2) is 0 Å². The number of rotatable bonds is 4. The minimum Gasteiger partial charge on any atom is -0.268 e. The molecule has 0 amide bonds.